The fourth-order valence-electron chi connectivity index (χ4n) is 1.57. The Morgan fingerprint density at radius 3 is 2.94 bits per heavy atom. The van der Waals surface area contributed by atoms with Crippen LogP contribution >= 0.6 is 0 Å². The molecule has 0 unspecified atom stereocenters. The lowest BCUT2D eigenvalue weighted by Crippen LogP contribution is -1.94. The van der Waals surface area contributed by atoms with Crippen molar-refractivity contribution >= 4 is 22.8 Å². The molecule has 0 spiro atoms. The molecule has 3 nitrogen and oxygen atoms in total. The van der Waals surface area contributed by atoms with E-state index in [0.29, 0.717) is 5.92 Å². The molecule has 17 heavy (non-hydrogen) atoms. The van der Waals surface area contributed by atoms with E-state index < -0.39 is 0 Å². The van der Waals surface area contributed by atoms with Gasteiger partial charge in [0.05, 0.1) is 11.2 Å². The van der Waals surface area contributed by atoms with Crippen molar-refractivity contribution < 1.29 is 0 Å². The average molecular weight is 227 g/mol. The number of aromatic nitrogens is 1. The van der Waals surface area contributed by atoms with E-state index in [1.54, 1.807) is 6.20 Å². The molecule has 0 bridgehead atoms. The van der Waals surface area contributed by atoms with Gasteiger partial charge in [0.1, 0.15) is 0 Å². The van der Waals surface area contributed by atoms with Gasteiger partial charge in [0.15, 0.2) is 0 Å². The quantitative estimate of drug-likeness (QED) is 0.639. The zero-order valence-corrected chi connectivity index (χ0v) is 10.2. The van der Waals surface area contributed by atoms with Gasteiger partial charge in [0.25, 0.3) is 0 Å². The first-order valence-corrected chi connectivity index (χ1v) is 5.88. The minimum absolute atomic E-state index is 0.634. The number of hydrazone groups is 1. The largest absolute Gasteiger partial charge is 0.278 e. The van der Waals surface area contributed by atoms with Crippen LogP contribution in [0.4, 0.5) is 5.69 Å². The summed E-state index contributed by atoms with van der Waals surface area (Å²) >= 11 is 0. The van der Waals surface area contributed by atoms with Gasteiger partial charge in [-0.05, 0) is 24.5 Å². The molecule has 0 saturated heterocycles. The fraction of sp³-hybridized carbons (Fsp3) is 0.286. The normalized spacial score (nSPS) is 11.5. The molecule has 1 N–H and O–H groups in total. The van der Waals surface area contributed by atoms with Crippen molar-refractivity contribution in [2.24, 2.45) is 11.0 Å². The number of benzene rings is 1. The van der Waals surface area contributed by atoms with E-state index in [9.17, 15) is 0 Å². The minimum atomic E-state index is 0.634. The molecule has 1 aromatic heterocycles. The second kappa shape index (κ2) is 5.43. The van der Waals surface area contributed by atoms with Crippen LogP contribution in [0.5, 0.6) is 0 Å². The second-order valence-corrected chi connectivity index (χ2v) is 4.43. The van der Waals surface area contributed by atoms with Gasteiger partial charge in [-0.1, -0.05) is 32.0 Å². The van der Waals surface area contributed by atoms with Crippen LogP contribution < -0.4 is 5.43 Å². The number of nitrogens with one attached hydrogen (secondary N) is 1. The lowest BCUT2D eigenvalue weighted by atomic mass is 10.2. The molecule has 1 heterocycles. The molecule has 2 rings (SSSR count). The van der Waals surface area contributed by atoms with Gasteiger partial charge in [-0.3, -0.25) is 10.4 Å². The Bertz CT molecular complexity index is 512. The molecule has 3 heteroatoms. The number of fused-ring (bicyclic) bond motifs is 1. The highest BCUT2D eigenvalue weighted by Gasteiger charge is 1.98. The van der Waals surface area contributed by atoms with Crippen molar-refractivity contribution in [3.8, 4) is 0 Å². The van der Waals surface area contributed by atoms with Crippen molar-refractivity contribution in [2.45, 2.75) is 20.3 Å². The topological polar surface area (TPSA) is 37.3 Å². The van der Waals surface area contributed by atoms with Crippen LogP contribution in [0, 0.1) is 5.92 Å². The summed E-state index contributed by atoms with van der Waals surface area (Å²) in [5.41, 5.74) is 5.05. The zero-order valence-electron chi connectivity index (χ0n) is 10.2. The average Bonchev–Trinajstić information content (AvgIpc) is 2.34. The van der Waals surface area contributed by atoms with E-state index >= 15 is 0 Å². The number of rotatable bonds is 4. The van der Waals surface area contributed by atoms with E-state index in [2.05, 4.69) is 29.4 Å². The van der Waals surface area contributed by atoms with Crippen molar-refractivity contribution in [2.75, 3.05) is 5.43 Å². The maximum Gasteiger partial charge on any atom is 0.0723 e. The third-order valence-electron chi connectivity index (χ3n) is 2.50. The van der Waals surface area contributed by atoms with Crippen molar-refractivity contribution in [3.05, 3.63) is 36.5 Å². The molecular formula is C14H17N3. The summed E-state index contributed by atoms with van der Waals surface area (Å²) in [4.78, 5) is 4.31. The molecule has 0 aliphatic rings. The predicted molar refractivity (Wildman–Crippen MR) is 73.3 cm³/mol. The van der Waals surface area contributed by atoms with Gasteiger partial charge in [0, 0.05) is 17.8 Å². The molecule has 0 saturated carbocycles. The van der Waals surface area contributed by atoms with Gasteiger partial charge in [-0.25, -0.2) is 0 Å². The lowest BCUT2D eigenvalue weighted by molar-refractivity contribution is 0.690. The monoisotopic (exact) mass is 227 g/mol. The van der Waals surface area contributed by atoms with E-state index in [4.69, 9.17) is 0 Å². The Kier molecular flexibility index (Phi) is 3.70. The summed E-state index contributed by atoms with van der Waals surface area (Å²) in [5, 5.41) is 5.32. The standard InChI is InChI=1S/C14H17N3/c1-11(2)7-10-16-17-14-8-9-15-13-6-4-3-5-12(13)14/h3-6,8-11H,7H2,1-2H3,(H,15,17). The Hall–Kier alpha value is -1.90. The zero-order chi connectivity index (χ0) is 12.1. The highest BCUT2D eigenvalue weighted by molar-refractivity contribution is 5.90. The van der Waals surface area contributed by atoms with E-state index in [1.165, 1.54) is 0 Å². The van der Waals surface area contributed by atoms with Gasteiger partial charge in [-0.15, -0.1) is 0 Å². The molecular weight excluding hydrogens is 210 g/mol. The molecule has 0 aliphatic heterocycles. The van der Waals surface area contributed by atoms with Crippen molar-refractivity contribution in [1.29, 1.82) is 0 Å². The third-order valence-corrected chi connectivity index (χ3v) is 2.50. The number of anilines is 1. The van der Waals surface area contributed by atoms with E-state index in [1.807, 2.05) is 36.5 Å². The van der Waals surface area contributed by atoms with Crippen molar-refractivity contribution in [3.63, 3.8) is 0 Å². The Morgan fingerprint density at radius 2 is 2.12 bits per heavy atom. The molecule has 0 radical (unpaired) electrons. The van der Waals surface area contributed by atoms with Crippen LogP contribution in [0.25, 0.3) is 10.9 Å². The molecule has 0 aliphatic carbocycles. The van der Waals surface area contributed by atoms with Crippen molar-refractivity contribution in [1.82, 2.24) is 4.98 Å². The predicted octanol–water partition coefficient (Wildman–Crippen LogP) is 3.68. The summed E-state index contributed by atoms with van der Waals surface area (Å²) in [6, 6.07) is 9.98. The summed E-state index contributed by atoms with van der Waals surface area (Å²) in [5.74, 6) is 0.634. The first kappa shape index (κ1) is 11.6. The molecule has 1 aromatic carbocycles. The highest BCUT2D eigenvalue weighted by atomic mass is 15.3. The third kappa shape index (κ3) is 3.03. The maximum atomic E-state index is 4.31. The van der Waals surface area contributed by atoms with Gasteiger partial charge in [-0.2, -0.15) is 5.10 Å². The van der Waals surface area contributed by atoms with Crippen LogP contribution in [0.15, 0.2) is 41.6 Å². The van der Waals surface area contributed by atoms with Crippen LogP contribution in [0.3, 0.4) is 0 Å². The molecule has 0 fully saturated rings. The first-order chi connectivity index (χ1) is 8.27. The SMILES string of the molecule is CC(C)CC=NNc1ccnc2ccccc12. The van der Waals surface area contributed by atoms with Gasteiger partial charge < -0.3 is 0 Å². The number of nitrogens with zero attached hydrogens (tertiary/aromatic N) is 2. The number of para-hydroxylation sites is 1. The number of hydrogen-bond acceptors (Lipinski definition) is 3. The minimum Gasteiger partial charge on any atom is -0.278 e. The molecule has 0 amide bonds. The number of hydrogen-bond donors (Lipinski definition) is 1. The first-order valence-electron chi connectivity index (χ1n) is 5.88. The van der Waals surface area contributed by atoms with Crippen LogP contribution in [-0.2, 0) is 0 Å². The Morgan fingerprint density at radius 1 is 1.29 bits per heavy atom. The van der Waals surface area contributed by atoms with Crippen LogP contribution in [0.2, 0.25) is 0 Å². The summed E-state index contributed by atoms with van der Waals surface area (Å²) in [7, 11) is 0. The van der Waals surface area contributed by atoms with Gasteiger partial charge >= 0.3 is 0 Å². The summed E-state index contributed by atoms with van der Waals surface area (Å²) in [6.45, 7) is 4.35. The fourth-order valence-corrected chi connectivity index (χ4v) is 1.57. The lowest BCUT2D eigenvalue weighted by Gasteiger charge is -2.04. The highest BCUT2D eigenvalue weighted by Crippen LogP contribution is 2.20. The maximum absolute atomic E-state index is 4.31. The number of pyridine rings is 1. The smallest absolute Gasteiger partial charge is 0.0723 e. The summed E-state index contributed by atoms with van der Waals surface area (Å²) < 4.78 is 0. The van der Waals surface area contributed by atoms with Crippen LogP contribution in [0.1, 0.15) is 20.3 Å². The van der Waals surface area contributed by atoms with E-state index in [0.717, 1.165) is 23.0 Å². The Balaban J connectivity index is 2.16. The van der Waals surface area contributed by atoms with E-state index in [-0.39, 0.29) is 0 Å². The summed E-state index contributed by atoms with van der Waals surface area (Å²) in [6.07, 6.45) is 4.69. The van der Waals surface area contributed by atoms with Crippen LogP contribution in [-0.4, -0.2) is 11.2 Å². The molecule has 2 aromatic rings. The molecule has 0 atom stereocenters. The second-order valence-electron chi connectivity index (χ2n) is 4.43. The molecule has 88 valence electrons. The Labute approximate surface area is 102 Å². The van der Waals surface area contributed by atoms with Gasteiger partial charge in [0.2, 0.25) is 0 Å².